The Hall–Kier alpha value is -1.36. The summed E-state index contributed by atoms with van der Waals surface area (Å²) in [4.78, 5) is 7.87. The molecule has 15 heavy (non-hydrogen) atoms. The fourth-order valence-electron chi connectivity index (χ4n) is 1.40. The van der Waals surface area contributed by atoms with Crippen molar-refractivity contribution in [1.29, 1.82) is 0 Å². The van der Waals surface area contributed by atoms with Gasteiger partial charge in [-0.1, -0.05) is 13.8 Å². The first-order chi connectivity index (χ1) is 7.15. The largest absolute Gasteiger partial charge is 0.394 e. The third-order valence-corrected chi connectivity index (χ3v) is 2.74. The van der Waals surface area contributed by atoms with E-state index in [1.807, 2.05) is 13.8 Å². The van der Waals surface area contributed by atoms with Gasteiger partial charge >= 0.3 is 0 Å². The van der Waals surface area contributed by atoms with Crippen LogP contribution in [-0.4, -0.2) is 27.2 Å². The van der Waals surface area contributed by atoms with Crippen molar-refractivity contribution in [3.05, 3.63) is 12.4 Å². The van der Waals surface area contributed by atoms with Crippen LogP contribution in [0.15, 0.2) is 12.4 Å². The standard InChI is InChI=1S/C10H18N4O/c1-3-10(4-2,6-15)14-9-5-8(11)12-7-13-9/h5,7,15H,3-4,6H2,1-2H3,(H3,11,12,13,14). The highest BCUT2D eigenvalue weighted by Gasteiger charge is 2.25. The zero-order chi connectivity index (χ0) is 11.3. The van der Waals surface area contributed by atoms with Gasteiger partial charge in [0.15, 0.2) is 0 Å². The van der Waals surface area contributed by atoms with Crippen LogP contribution in [0.3, 0.4) is 0 Å². The molecule has 0 saturated carbocycles. The topological polar surface area (TPSA) is 84.1 Å². The number of rotatable bonds is 5. The van der Waals surface area contributed by atoms with E-state index >= 15 is 0 Å². The molecule has 0 bridgehead atoms. The Morgan fingerprint density at radius 3 is 2.53 bits per heavy atom. The van der Waals surface area contributed by atoms with Crippen molar-refractivity contribution in [1.82, 2.24) is 9.97 Å². The highest BCUT2D eigenvalue weighted by Crippen LogP contribution is 2.20. The molecule has 0 atom stereocenters. The summed E-state index contributed by atoms with van der Waals surface area (Å²) in [5.74, 6) is 1.08. The fourth-order valence-corrected chi connectivity index (χ4v) is 1.40. The first kappa shape index (κ1) is 11.7. The van der Waals surface area contributed by atoms with Crippen LogP contribution in [0, 0.1) is 0 Å². The zero-order valence-corrected chi connectivity index (χ0v) is 9.20. The molecule has 1 aromatic heterocycles. The van der Waals surface area contributed by atoms with Crippen molar-refractivity contribution >= 4 is 11.6 Å². The Labute approximate surface area is 89.7 Å². The van der Waals surface area contributed by atoms with Crippen LogP contribution in [0.1, 0.15) is 26.7 Å². The van der Waals surface area contributed by atoms with Crippen LogP contribution in [0.4, 0.5) is 11.6 Å². The van der Waals surface area contributed by atoms with Crippen molar-refractivity contribution in [2.24, 2.45) is 0 Å². The molecule has 0 aromatic carbocycles. The van der Waals surface area contributed by atoms with Gasteiger partial charge in [0.25, 0.3) is 0 Å². The number of nitrogens with one attached hydrogen (secondary N) is 1. The van der Waals surface area contributed by atoms with Gasteiger partial charge in [-0.25, -0.2) is 9.97 Å². The van der Waals surface area contributed by atoms with Crippen molar-refractivity contribution in [2.75, 3.05) is 17.7 Å². The highest BCUT2D eigenvalue weighted by atomic mass is 16.3. The van der Waals surface area contributed by atoms with Gasteiger partial charge in [0.1, 0.15) is 18.0 Å². The maximum absolute atomic E-state index is 9.37. The first-order valence-corrected chi connectivity index (χ1v) is 5.12. The van der Waals surface area contributed by atoms with E-state index in [0.29, 0.717) is 11.6 Å². The first-order valence-electron chi connectivity index (χ1n) is 5.12. The van der Waals surface area contributed by atoms with E-state index in [2.05, 4.69) is 15.3 Å². The smallest absolute Gasteiger partial charge is 0.131 e. The van der Waals surface area contributed by atoms with E-state index in [1.54, 1.807) is 6.07 Å². The van der Waals surface area contributed by atoms with E-state index < -0.39 is 0 Å². The molecule has 5 nitrogen and oxygen atoms in total. The summed E-state index contributed by atoms with van der Waals surface area (Å²) in [6.07, 6.45) is 3.05. The van der Waals surface area contributed by atoms with Gasteiger partial charge in [0, 0.05) is 6.07 Å². The van der Waals surface area contributed by atoms with Crippen molar-refractivity contribution in [3.63, 3.8) is 0 Å². The van der Waals surface area contributed by atoms with Crippen LogP contribution >= 0.6 is 0 Å². The predicted octanol–water partition coefficient (Wildman–Crippen LogP) is 1.02. The Morgan fingerprint density at radius 1 is 1.40 bits per heavy atom. The monoisotopic (exact) mass is 210 g/mol. The van der Waals surface area contributed by atoms with Crippen LogP contribution in [0.2, 0.25) is 0 Å². The third kappa shape index (κ3) is 2.79. The minimum Gasteiger partial charge on any atom is -0.394 e. The highest BCUT2D eigenvalue weighted by molar-refractivity contribution is 5.45. The van der Waals surface area contributed by atoms with Crippen molar-refractivity contribution in [3.8, 4) is 0 Å². The van der Waals surface area contributed by atoms with E-state index in [0.717, 1.165) is 12.8 Å². The molecule has 0 saturated heterocycles. The molecule has 0 aliphatic heterocycles. The number of hydrogen-bond acceptors (Lipinski definition) is 5. The zero-order valence-electron chi connectivity index (χ0n) is 9.20. The summed E-state index contributed by atoms with van der Waals surface area (Å²) in [6, 6.07) is 1.66. The number of anilines is 2. The fraction of sp³-hybridized carbons (Fsp3) is 0.600. The van der Waals surface area contributed by atoms with Crippen LogP contribution in [-0.2, 0) is 0 Å². The summed E-state index contributed by atoms with van der Waals surface area (Å²) in [7, 11) is 0. The summed E-state index contributed by atoms with van der Waals surface area (Å²) < 4.78 is 0. The Morgan fingerprint density at radius 2 is 2.07 bits per heavy atom. The third-order valence-electron chi connectivity index (χ3n) is 2.74. The molecular formula is C10H18N4O. The summed E-state index contributed by atoms with van der Waals surface area (Å²) >= 11 is 0. The molecule has 0 aliphatic rings. The number of aromatic nitrogens is 2. The average molecular weight is 210 g/mol. The lowest BCUT2D eigenvalue weighted by atomic mass is 9.94. The van der Waals surface area contributed by atoms with E-state index in [-0.39, 0.29) is 12.1 Å². The minimum atomic E-state index is -0.319. The molecule has 0 amide bonds. The SMILES string of the molecule is CCC(CC)(CO)Nc1cc(N)ncn1. The number of nitrogen functional groups attached to an aromatic ring is 1. The number of nitrogens with zero attached hydrogens (tertiary/aromatic N) is 2. The van der Waals surface area contributed by atoms with Gasteiger partial charge in [-0.3, -0.25) is 0 Å². The molecule has 84 valence electrons. The van der Waals surface area contributed by atoms with E-state index in [9.17, 15) is 5.11 Å². The molecular weight excluding hydrogens is 192 g/mol. The number of aliphatic hydroxyl groups is 1. The normalized spacial score (nSPS) is 11.4. The molecule has 5 heteroatoms. The average Bonchev–Trinajstić information content (AvgIpc) is 2.26. The molecule has 0 unspecified atom stereocenters. The molecule has 0 spiro atoms. The Bertz CT molecular complexity index is 304. The molecule has 0 fully saturated rings. The molecule has 0 aliphatic carbocycles. The van der Waals surface area contributed by atoms with Crippen LogP contribution < -0.4 is 11.1 Å². The number of nitrogens with two attached hydrogens (primary N) is 1. The molecule has 0 radical (unpaired) electrons. The van der Waals surface area contributed by atoms with Gasteiger partial charge in [0.2, 0.25) is 0 Å². The van der Waals surface area contributed by atoms with Gasteiger partial charge < -0.3 is 16.2 Å². The second-order valence-corrected chi connectivity index (χ2v) is 3.60. The van der Waals surface area contributed by atoms with Gasteiger partial charge in [-0.15, -0.1) is 0 Å². The Kier molecular flexibility index (Phi) is 3.85. The van der Waals surface area contributed by atoms with Gasteiger partial charge in [-0.05, 0) is 12.8 Å². The lowest BCUT2D eigenvalue weighted by molar-refractivity contribution is 0.202. The second-order valence-electron chi connectivity index (χ2n) is 3.60. The Balaban J connectivity index is 2.82. The summed E-state index contributed by atoms with van der Waals surface area (Å²) in [5, 5.41) is 12.6. The maximum Gasteiger partial charge on any atom is 0.131 e. The quantitative estimate of drug-likeness (QED) is 0.675. The minimum absolute atomic E-state index is 0.0733. The molecule has 1 rings (SSSR count). The van der Waals surface area contributed by atoms with Crippen molar-refractivity contribution < 1.29 is 5.11 Å². The van der Waals surface area contributed by atoms with E-state index in [4.69, 9.17) is 5.73 Å². The lowest BCUT2D eigenvalue weighted by Gasteiger charge is -2.31. The predicted molar refractivity (Wildman–Crippen MR) is 60.5 cm³/mol. The van der Waals surface area contributed by atoms with Crippen molar-refractivity contribution in [2.45, 2.75) is 32.2 Å². The lowest BCUT2D eigenvalue weighted by Crippen LogP contribution is -2.41. The molecule has 1 aromatic rings. The number of hydrogen-bond donors (Lipinski definition) is 3. The number of aliphatic hydroxyl groups excluding tert-OH is 1. The van der Waals surface area contributed by atoms with E-state index in [1.165, 1.54) is 6.33 Å². The van der Waals surface area contributed by atoms with Gasteiger partial charge in [0.05, 0.1) is 12.1 Å². The van der Waals surface area contributed by atoms with Crippen LogP contribution in [0.25, 0.3) is 0 Å². The van der Waals surface area contributed by atoms with Gasteiger partial charge in [-0.2, -0.15) is 0 Å². The second kappa shape index (κ2) is 4.93. The molecule has 1 heterocycles. The summed E-state index contributed by atoms with van der Waals surface area (Å²) in [6.45, 7) is 4.12. The summed E-state index contributed by atoms with van der Waals surface area (Å²) in [5.41, 5.74) is 5.23. The maximum atomic E-state index is 9.37. The molecule has 4 N–H and O–H groups in total. The van der Waals surface area contributed by atoms with Crippen LogP contribution in [0.5, 0.6) is 0 Å².